The summed E-state index contributed by atoms with van der Waals surface area (Å²) in [6.07, 6.45) is 2.01. The number of hydrogen-bond donors (Lipinski definition) is 2. The number of primary amides is 2. The largest absolute Gasteiger partial charge is 0.446 e. The van der Waals surface area contributed by atoms with Crippen molar-refractivity contribution < 1.29 is 14.3 Å². The van der Waals surface area contributed by atoms with E-state index < -0.39 is 18.1 Å². The molecule has 1 aliphatic rings. The van der Waals surface area contributed by atoms with Crippen molar-refractivity contribution >= 4 is 12.0 Å². The molecule has 1 rings (SSSR count). The van der Waals surface area contributed by atoms with Gasteiger partial charge in [0.2, 0.25) is 5.91 Å². The summed E-state index contributed by atoms with van der Waals surface area (Å²) >= 11 is 0. The molecule has 0 aromatic rings. The third-order valence-electron chi connectivity index (χ3n) is 2.34. The number of nitrogens with two attached hydrogens (primary N) is 2. The van der Waals surface area contributed by atoms with Crippen molar-refractivity contribution in [3.63, 3.8) is 0 Å². The van der Waals surface area contributed by atoms with Gasteiger partial charge in [-0.05, 0) is 19.3 Å². The Morgan fingerprint density at radius 1 is 1.15 bits per heavy atom. The predicted octanol–water partition coefficient (Wildman–Crippen LogP) is 0.126. The van der Waals surface area contributed by atoms with Gasteiger partial charge in [-0.25, -0.2) is 4.79 Å². The monoisotopic (exact) mass is 186 g/mol. The number of hydrogen-bond acceptors (Lipinski definition) is 3. The summed E-state index contributed by atoms with van der Waals surface area (Å²) in [5.41, 5.74) is 10.0. The van der Waals surface area contributed by atoms with Gasteiger partial charge in [0.15, 0.2) is 0 Å². The third kappa shape index (κ3) is 2.61. The van der Waals surface area contributed by atoms with Gasteiger partial charge in [-0.3, -0.25) is 4.79 Å². The molecule has 1 fully saturated rings. The molecular weight excluding hydrogens is 172 g/mol. The number of ether oxygens (including phenoxy) is 1. The van der Waals surface area contributed by atoms with Gasteiger partial charge in [-0.2, -0.15) is 0 Å². The normalized spacial score (nSPS) is 28.0. The molecule has 1 saturated carbocycles. The van der Waals surface area contributed by atoms with Crippen LogP contribution in [0.2, 0.25) is 0 Å². The fourth-order valence-corrected chi connectivity index (χ4v) is 1.71. The molecule has 0 aromatic carbocycles. The highest BCUT2D eigenvalue weighted by atomic mass is 16.6. The van der Waals surface area contributed by atoms with Crippen LogP contribution in [0.1, 0.15) is 25.7 Å². The van der Waals surface area contributed by atoms with Crippen LogP contribution in [0, 0.1) is 5.92 Å². The van der Waals surface area contributed by atoms with E-state index in [9.17, 15) is 9.59 Å². The van der Waals surface area contributed by atoms with E-state index in [0.29, 0.717) is 12.8 Å². The topological polar surface area (TPSA) is 95.4 Å². The molecule has 74 valence electrons. The van der Waals surface area contributed by atoms with Crippen LogP contribution in [0.25, 0.3) is 0 Å². The Bertz CT molecular complexity index is 217. The summed E-state index contributed by atoms with van der Waals surface area (Å²) in [6.45, 7) is 0. The molecule has 0 saturated heterocycles. The average Bonchev–Trinajstić information content (AvgIpc) is 2.03. The molecule has 0 radical (unpaired) electrons. The number of carbonyl (C=O) groups excluding carboxylic acids is 2. The van der Waals surface area contributed by atoms with Crippen LogP contribution >= 0.6 is 0 Å². The number of amides is 2. The lowest BCUT2D eigenvalue weighted by atomic mass is 9.86. The van der Waals surface area contributed by atoms with Gasteiger partial charge in [0, 0.05) is 0 Å². The minimum absolute atomic E-state index is 0.360. The molecule has 0 aliphatic heterocycles. The van der Waals surface area contributed by atoms with Crippen molar-refractivity contribution in [1.29, 1.82) is 0 Å². The van der Waals surface area contributed by atoms with Gasteiger partial charge in [0.1, 0.15) is 6.10 Å². The smallest absolute Gasteiger partial charge is 0.404 e. The Morgan fingerprint density at radius 3 is 2.31 bits per heavy atom. The average molecular weight is 186 g/mol. The molecule has 2 unspecified atom stereocenters. The zero-order valence-corrected chi connectivity index (χ0v) is 7.36. The second-order valence-corrected chi connectivity index (χ2v) is 3.27. The maximum absolute atomic E-state index is 10.9. The summed E-state index contributed by atoms with van der Waals surface area (Å²) in [7, 11) is 0. The molecule has 0 spiro atoms. The predicted molar refractivity (Wildman–Crippen MR) is 45.6 cm³/mol. The third-order valence-corrected chi connectivity index (χ3v) is 2.34. The first kappa shape index (κ1) is 9.83. The Kier molecular flexibility index (Phi) is 3.11. The Morgan fingerprint density at radius 2 is 1.77 bits per heavy atom. The van der Waals surface area contributed by atoms with E-state index in [1.807, 2.05) is 0 Å². The lowest BCUT2D eigenvalue weighted by molar-refractivity contribution is -0.126. The first-order chi connectivity index (χ1) is 6.11. The highest BCUT2D eigenvalue weighted by Gasteiger charge is 2.31. The van der Waals surface area contributed by atoms with Crippen LogP contribution in [0.3, 0.4) is 0 Å². The molecule has 0 heterocycles. The van der Waals surface area contributed by atoms with E-state index in [2.05, 4.69) is 0 Å². The Hall–Kier alpha value is -1.26. The lowest BCUT2D eigenvalue weighted by Gasteiger charge is -2.27. The first-order valence-corrected chi connectivity index (χ1v) is 4.36. The minimum atomic E-state index is -0.835. The first-order valence-electron chi connectivity index (χ1n) is 4.36. The van der Waals surface area contributed by atoms with Crippen molar-refractivity contribution in [2.24, 2.45) is 17.4 Å². The molecule has 2 amide bonds. The van der Waals surface area contributed by atoms with Crippen LogP contribution in [0.15, 0.2) is 0 Å². The Balaban J connectivity index is 2.56. The summed E-state index contributed by atoms with van der Waals surface area (Å²) in [4.78, 5) is 21.4. The molecular formula is C8H14N2O3. The SMILES string of the molecule is NC(=O)OC1CCCCC1C(N)=O. The molecule has 5 nitrogen and oxygen atoms in total. The summed E-state index contributed by atoms with van der Waals surface area (Å²) < 4.78 is 4.80. The van der Waals surface area contributed by atoms with E-state index in [1.54, 1.807) is 0 Å². The fourth-order valence-electron chi connectivity index (χ4n) is 1.71. The zero-order chi connectivity index (χ0) is 9.84. The zero-order valence-electron chi connectivity index (χ0n) is 7.36. The quantitative estimate of drug-likeness (QED) is 0.641. The maximum atomic E-state index is 10.9. The van der Waals surface area contributed by atoms with E-state index in [0.717, 1.165) is 12.8 Å². The van der Waals surface area contributed by atoms with Gasteiger partial charge < -0.3 is 16.2 Å². The van der Waals surface area contributed by atoms with Gasteiger partial charge in [0.05, 0.1) is 5.92 Å². The molecule has 13 heavy (non-hydrogen) atoms. The molecule has 0 aromatic heterocycles. The molecule has 2 atom stereocenters. The minimum Gasteiger partial charge on any atom is -0.446 e. The van der Waals surface area contributed by atoms with Crippen LogP contribution in [-0.2, 0) is 9.53 Å². The number of carbonyl (C=O) groups is 2. The molecule has 5 heteroatoms. The van der Waals surface area contributed by atoms with Crippen LogP contribution in [-0.4, -0.2) is 18.1 Å². The lowest BCUT2D eigenvalue weighted by Crippen LogP contribution is -2.39. The number of rotatable bonds is 2. The summed E-state index contributed by atoms with van der Waals surface area (Å²) in [5.74, 6) is -0.771. The highest BCUT2D eigenvalue weighted by molar-refractivity contribution is 5.78. The molecule has 1 aliphatic carbocycles. The summed E-state index contributed by atoms with van der Waals surface area (Å²) in [5, 5.41) is 0. The van der Waals surface area contributed by atoms with E-state index >= 15 is 0 Å². The summed E-state index contributed by atoms with van der Waals surface area (Å²) in [6, 6.07) is 0. The van der Waals surface area contributed by atoms with Crippen molar-refractivity contribution in [2.75, 3.05) is 0 Å². The second kappa shape index (κ2) is 4.11. The molecule has 0 bridgehead atoms. The standard InChI is InChI=1S/C8H14N2O3/c9-7(11)5-3-1-2-4-6(5)13-8(10)12/h5-6H,1-4H2,(H2,9,11)(H2,10,12). The van der Waals surface area contributed by atoms with Crippen molar-refractivity contribution in [3.05, 3.63) is 0 Å². The van der Waals surface area contributed by atoms with Crippen molar-refractivity contribution in [1.82, 2.24) is 0 Å². The van der Waals surface area contributed by atoms with Crippen molar-refractivity contribution in [2.45, 2.75) is 31.8 Å². The maximum Gasteiger partial charge on any atom is 0.404 e. The van der Waals surface area contributed by atoms with Gasteiger partial charge in [-0.15, -0.1) is 0 Å². The van der Waals surface area contributed by atoms with Crippen LogP contribution in [0.4, 0.5) is 4.79 Å². The van der Waals surface area contributed by atoms with Gasteiger partial charge in [0.25, 0.3) is 0 Å². The van der Waals surface area contributed by atoms with E-state index in [-0.39, 0.29) is 5.92 Å². The van der Waals surface area contributed by atoms with Gasteiger partial charge in [-0.1, -0.05) is 6.42 Å². The van der Waals surface area contributed by atoms with Gasteiger partial charge >= 0.3 is 6.09 Å². The van der Waals surface area contributed by atoms with E-state index in [1.165, 1.54) is 0 Å². The highest BCUT2D eigenvalue weighted by Crippen LogP contribution is 2.26. The molecule has 4 N–H and O–H groups in total. The fraction of sp³-hybridized carbons (Fsp3) is 0.750. The van der Waals surface area contributed by atoms with Crippen LogP contribution < -0.4 is 11.5 Å². The Labute approximate surface area is 76.4 Å². The van der Waals surface area contributed by atoms with E-state index in [4.69, 9.17) is 16.2 Å². The second-order valence-electron chi connectivity index (χ2n) is 3.27. The van der Waals surface area contributed by atoms with Crippen molar-refractivity contribution in [3.8, 4) is 0 Å². The van der Waals surface area contributed by atoms with Crippen LogP contribution in [0.5, 0.6) is 0 Å².